The molecule has 2 N–H and O–H groups in total. The summed E-state index contributed by atoms with van der Waals surface area (Å²) in [6.45, 7) is 0. The van der Waals surface area contributed by atoms with Gasteiger partial charge in [0, 0.05) is 23.2 Å². The predicted molar refractivity (Wildman–Crippen MR) is 111 cm³/mol. The highest BCUT2D eigenvalue weighted by Crippen LogP contribution is 2.43. The van der Waals surface area contributed by atoms with E-state index in [4.69, 9.17) is 16.3 Å². The molecule has 0 aliphatic carbocycles. The lowest BCUT2D eigenvalue weighted by molar-refractivity contribution is -0.173. The van der Waals surface area contributed by atoms with Crippen molar-refractivity contribution in [3.63, 3.8) is 0 Å². The molecule has 0 bridgehead atoms. The van der Waals surface area contributed by atoms with Crippen LogP contribution in [0.25, 0.3) is 0 Å². The Kier molecular flexibility index (Phi) is 5.53. The highest BCUT2D eigenvalue weighted by atomic mass is 35.5. The van der Waals surface area contributed by atoms with E-state index < -0.39 is 24.2 Å². The number of rotatable bonds is 4. The maximum Gasteiger partial charge on any atom is 0.410 e. The van der Waals surface area contributed by atoms with Crippen molar-refractivity contribution in [2.24, 2.45) is 0 Å². The number of ether oxygens (including phenoxy) is 1. The number of nitrogens with zero attached hydrogens (tertiary/aromatic N) is 2. The standard InChI is InChI=1S/C21H18ClF3N4O2/c1-31-15-8-2-12(3-9-15)16-10-18(21(23,24)25)29-19(27-16)11-17(28-29)20(30)26-14-6-4-13(22)5-7-14/h2-9,11,16,18,27H,10H2,1H3,(H,26,30). The van der Waals surface area contributed by atoms with Crippen LogP contribution in [0.5, 0.6) is 5.75 Å². The van der Waals surface area contributed by atoms with Crippen molar-refractivity contribution in [3.8, 4) is 5.75 Å². The zero-order valence-electron chi connectivity index (χ0n) is 16.3. The molecular formula is C21H18ClF3N4O2. The lowest BCUT2D eigenvalue weighted by Gasteiger charge is -2.33. The van der Waals surface area contributed by atoms with Gasteiger partial charge in [-0.2, -0.15) is 18.3 Å². The summed E-state index contributed by atoms with van der Waals surface area (Å²) in [6.07, 6.45) is -4.79. The first-order valence-electron chi connectivity index (χ1n) is 9.38. The molecule has 1 aromatic heterocycles. The molecule has 2 heterocycles. The lowest BCUT2D eigenvalue weighted by atomic mass is 9.97. The maximum absolute atomic E-state index is 13.8. The van der Waals surface area contributed by atoms with Crippen LogP contribution in [0.15, 0.2) is 54.6 Å². The molecule has 4 rings (SSSR count). The second-order valence-electron chi connectivity index (χ2n) is 7.08. The number of benzene rings is 2. The topological polar surface area (TPSA) is 68.2 Å². The van der Waals surface area contributed by atoms with E-state index in [0.29, 0.717) is 22.0 Å². The van der Waals surface area contributed by atoms with Crippen LogP contribution in [0.1, 0.15) is 34.6 Å². The molecule has 0 saturated carbocycles. The van der Waals surface area contributed by atoms with E-state index in [-0.39, 0.29) is 17.9 Å². The molecule has 2 aromatic carbocycles. The van der Waals surface area contributed by atoms with Gasteiger partial charge in [-0.1, -0.05) is 23.7 Å². The first-order chi connectivity index (χ1) is 14.7. The van der Waals surface area contributed by atoms with Gasteiger partial charge in [0.2, 0.25) is 0 Å². The third-order valence-electron chi connectivity index (χ3n) is 5.04. The van der Waals surface area contributed by atoms with Gasteiger partial charge in [-0.15, -0.1) is 0 Å². The number of methoxy groups -OCH3 is 1. The van der Waals surface area contributed by atoms with Crippen molar-refractivity contribution in [1.82, 2.24) is 9.78 Å². The number of fused-ring (bicyclic) bond motifs is 1. The SMILES string of the molecule is COc1ccc(C2CC(C(F)(F)F)n3nc(C(=O)Nc4ccc(Cl)cc4)cc3N2)cc1. The van der Waals surface area contributed by atoms with Crippen LogP contribution in [0.2, 0.25) is 5.02 Å². The Bertz CT molecular complexity index is 1080. The minimum absolute atomic E-state index is 0.121. The van der Waals surface area contributed by atoms with Crippen LogP contribution in [0.4, 0.5) is 24.7 Å². The highest BCUT2D eigenvalue weighted by molar-refractivity contribution is 6.30. The maximum atomic E-state index is 13.8. The first-order valence-corrected chi connectivity index (χ1v) is 9.76. The number of carbonyl (C=O) groups is 1. The van der Waals surface area contributed by atoms with E-state index in [0.717, 1.165) is 4.68 Å². The number of carbonyl (C=O) groups excluding carboxylic acids is 1. The van der Waals surface area contributed by atoms with E-state index >= 15 is 0 Å². The summed E-state index contributed by atoms with van der Waals surface area (Å²) < 4.78 is 47.3. The summed E-state index contributed by atoms with van der Waals surface area (Å²) in [5.41, 5.74) is 1.01. The zero-order chi connectivity index (χ0) is 22.2. The Morgan fingerprint density at radius 3 is 2.48 bits per heavy atom. The molecule has 0 spiro atoms. The molecule has 0 fully saturated rings. The molecule has 10 heteroatoms. The zero-order valence-corrected chi connectivity index (χ0v) is 17.0. The van der Waals surface area contributed by atoms with Gasteiger partial charge in [-0.25, -0.2) is 4.68 Å². The third-order valence-corrected chi connectivity index (χ3v) is 5.29. The number of anilines is 2. The van der Waals surface area contributed by atoms with Gasteiger partial charge < -0.3 is 15.4 Å². The predicted octanol–water partition coefficient (Wildman–Crippen LogP) is 5.46. The number of halogens is 4. The van der Waals surface area contributed by atoms with E-state index in [1.165, 1.54) is 13.2 Å². The summed E-state index contributed by atoms with van der Waals surface area (Å²) in [4.78, 5) is 12.6. The number of hydrogen-bond acceptors (Lipinski definition) is 4. The number of alkyl halides is 3. The second-order valence-corrected chi connectivity index (χ2v) is 7.52. The van der Waals surface area contributed by atoms with E-state index in [1.807, 2.05) is 0 Å². The van der Waals surface area contributed by atoms with Crippen LogP contribution >= 0.6 is 11.6 Å². The van der Waals surface area contributed by atoms with Gasteiger partial charge in [0.25, 0.3) is 5.91 Å². The highest BCUT2D eigenvalue weighted by Gasteiger charge is 2.46. The monoisotopic (exact) mass is 450 g/mol. The Labute approximate surface area is 181 Å². The van der Waals surface area contributed by atoms with E-state index in [9.17, 15) is 18.0 Å². The third kappa shape index (κ3) is 4.46. The van der Waals surface area contributed by atoms with Gasteiger partial charge in [0.05, 0.1) is 13.2 Å². The fourth-order valence-corrected chi connectivity index (χ4v) is 3.59. The Morgan fingerprint density at radius 2 is 1.87 bits per heavy atom. The van der Waals surface area contributed by atoms with Crippen LogP contribution in [-0.2, 0) is 0 Å². The van der Waals surface area contributed by atoms with Crippen molar-refractivity contribution in [1.29, 1.82) is 0 Å². The Morgan fingerprint density at radius 1 is 1.19 bits per heavy atom. The number of aromatic nitrogens is 2. The molecule has 3 aromatic rings. The summed E-state index contributed by atoms with van der Waals surface area (Å²) >= 11 is 5.82. The molecule has 31 heavy (non-hydrogen) atoms. The van der Waals surface area contributed by atoms with Gasteiger partial charge in [-0.3, -0.25) is 4.79 Å². The first kappa shape index (κ1) is 21.0. The smallest absolute Gasteiger partial charge is 0.410 e. The normalized spacial score (nSPS) is 18.1. The second kappa shape index (κ2) is 8.14. The molecule has 162 valence electrons. The molecule has 2 unspecified atom stereocenters. The summed E-state index contributed by atoms with van der Waals surface area (Å²) in [5.74, 6) is 0.113. The quantitative estimate of drug-likeness (QED) is 0.554. The van der Waals surface area contributed by atoms with Gasteiger partial charge >= 0.3 is 6.18 Å². The molecule has 0 saturated heterocycles. The average molecular weight is 451 g/mol. The molecular weight excluding hydrogens is 433 g/mol. The molecule has 0 radical (unpaired) electrons. The molecule has 1 aliphatic heterocycles. The Hall–Kier alpha value is -3.20. The summed E-state index contributed by atoms with van der Waals surface area (Å²) in [7, 11) is 1.52. The lowest BCUT2D eigenvalue weighted by Crippen LogP contribution is -2.35. The van der Waals surface area contributed by atoms with Crippen molar-refractivity contribution in [3.05, 3.63) is 70.9 Å². The van der Waals surface area contributed by atoms with E-state index in [2.05, 4.69) is 15.7 Å². The summed E-state index contributed by atoms with van der Waals surface area (Å²) in [5, 5.41) is 10.1. The van der Waals surface area contributed by atoms with Gasteiger partial charge in [-0.05, 0) is 42.0 Å². The molecule has 6 nitrogen and oxygen atoms in total. The number of amides is 1. The van der Waals surface area contributed by atoms with Crippen LogP contribution in [0, 0.1) is 0 Å². The molecule has 1 aliphatic rings. The van der Waals surface area contributed by atoms with Crippen LogP contribution in [-0.4, -0.2) is 29.0 Å². The van der Waals surface area contributed by atoms with Crippen LogP contribution < -0.4 is 15.4 Å². The van der Waals surface area contributed by atoms with Crippen LogP contribution in [0.3, 0.4) is 0 Å². The van der Waals surface area contributed by atoms with Crippen molar-refractivity contribution < 1.29 is 22.7 Å². The molecule has 2 atom stereocenters. The minimum Gasteiger partial charge on any atom is -0.497 e. The largest absolute Gasteiger partial charge is 0.497 e. The number of hydrogen-bond donors (Lipinski definition) is 2. The van der Waals surface area contributed by atoms with Gasteiger partial charge in [0.1, 0.15) is 11.6 Å². The van der Waals surface area contributed by atoms with Crippen molar-refractivity contribution >= 4 is 29.0 Å². The Balaban J connectivity index is 1.62. The number of nitrogens with one attached hydrogen (secondary N) is 2. The summed E-state index contributed by atoms with van der Waals surface area (Å²) in [6, 6.07) is 12.0. The van der Waals surface area contributed by atoms with Crippen molar-refractivity contribution in [2.45, 2.75) is 24.7 Å². The fraction of sp³-hybridized carbons (Fsp3) is 0.238. The van der Waals surface area contributed by atoms with E-state index in [1.54, 1.807) is 48.5 Å². The van der Waals surface area contributed by atoms with Gasteiger partial charge in [0.15, 0.2) is 11.7 Å². The van der Waals surface area contributed by atoms with Crippen molar-refractivity contribution in [2.75, 3.05) is 17.7 Å². The fourth-order valence-electron chi connectivity index (χ4n) is 3.47. The average Bonchev–Trinajstić information content (AvgIpc) is 3.18. The molecule has 1 amide bonds. The minimum atomic E-state index is -4.53.